The highest BCUT2D eigenvalue weighted by atomic mass is 16.5. The molecule has 0 bridgehead atoms. The highest BCUT2D eigenvalue weighted by molar-refractivity contribution is 6.13. The molecule has 0 fully saturated rings. The van der Waals surface area contributed by atoms with Gasteiger partial charge in [0.2, 0.25) is 0 Å². The second kappa shape index (κ2) is 5.14. The van der Waals surface area contributed by atoms with Crippen molar-refractivity contribution in [3.05, 3.63) is 52.8 Å². The van der Waals surface area contributed by atoms with Gasteiger partial charge >= 0.3 is 0 Å². The Morgan fingerprint density at radius 3 is 2.87 bits per heavy atom. The van der Waals surface area contributed by atoms with Gasteiger partial charge in [-0.1, -0.05) is 18.2 Å². The fraction of sp³-hybridized carbons (Fsp3) is 0.167. The first-order valence-corrected chi connectivity index (χ1v) is 7.42. The van der Waals surface area contributed by atoms with E-state index in [0.29, 0.717) is 27.8 Å². The Bertz CT molecular complexity index is 1080. The van der Waals surface area contributed by atoms with Crippen molar-refractivity contribution < 1.29 is 14.3 Å². The van der Waals surface area contributed by atoms with Crippen LogP contribution in [0.5, 0.6) is 5.75 Å². The number of para-hydroxylation sites is 1. The van der Waals surface area contributed by atoms with E-state index in [9.17, 15) is 4.79 Å². The van der Waals surface area contributed by atoms with Crippen molar-refractivity contribution in [2.75, 3.05) is 6.61 Å². The van der Waals surface area contributed by atoms with Gasteiger partial charge in [0.15, 0.2) is 0 Å². The topological polar surface area (TPSA) is 75.5 Å². The van der Waals surface area contributed by atoms with Crippen LogP contribution in [-0.4, -0.2) is 22.8 Å². The fourth-order valence-corrected chi connectivity index (χ4v) is 2.81. The van der Waals surface area contributed by atoms with Crippen LogP contribution in [0.4, 0.5) is 0 Å². The summed E-state index contributed by atoms with van der Waals surface area (Å²) in [6.07, 6.45) is -0.311. The van der Waals surface area contributed by atoms with Crippen molar-refractivity contribution >= 4 is 32.8 Å². The second-order valence-corrected chi connectivity index (χ2v) is 5.57. The summed E-state index contributed by atoms with van der Waals surface area (Å²) in [5, 5.41) is 11.3. The van der Waals surface area contributed by atoms with Crippen molar-refractivity contribution in [1.29, 1.82) is 0 Å². The molecule has 1 unspecified atom stereocenters. The fourth-order valence-electron chi connectivity index (χ4n) is 2.81. The van der Waals surface area contributed by atoms with Gasteiger partial charge in [0.05, 0.1) is 17.5 Å². The molecule has 2 aromatic heterocycles. The van der Waals surface area contributed by atoms with E-state index in [2.05, 4.69) is 4.98 Å². The van der Waals surface area contributed by atoms with Crippen molar-refractivity contribution in [2.45, 2.75) is 13.0 Å². The van der Waals surface area contributed by atoms with Crippen LogP contribution in [-0.2, 0) is 0 Å². The predicted molar refractivity (Wildman–Crippen MR) is 89.0 cm³/mol. The van der Waals surface area contributed by atoms with E-state index in [1.54, 1.807) is 19.1 Å². The zero-order valence-corrected chi connectivity index (χ0v) is 12.5. The number of H-pyrrole nitrogens is 1. The molecule has 1 atom stereocenters. The van der Waals surface area contributed by atoms with Gasteiger partial charge in [0.1, 0.15) is 23.0 Å². The van der Waals surface area contributed by atoms with E-state index in [0.717, 1.165) is 10.8 Å². The number of benzene rings is 2. The van der Waals surface area contributed by atoms with Gasteiger partial charge in [0.25, 0.3) is 5.56 Å². The van der Waals surface area contributed by atoms with Gasteiger partial charge in [-0.25, -0.2) is 0 Å². The Labute approximate surface area is 131 Å². The number of fused-ring (bicyclic) bond motifs is 5. The second-order valence-electron chi connectivity index (χ2n) is 5.57. The molecule has 0 aliphatic carbocycles. The van der Waals surface area contributed by atoms with Crippen molar-refractivity contribution in [2.24, 2.45) is 0 Å². The predicted octanol–water partition coefficient (Wildman–Crippen LogP) is 3.19. The normalized spacial score (nSPS) is 13.0. The van der Waals surface area contributed by atoms with Crippen LogP contribution in [0.1, 0.15) is 6.92 Å². The maximum Gasteiger partial charge on any atom is 0.260 e. The third kappa shape index (κ3) is 2.17. The van der Waals surface area contributed by atoms with E-state index < -0.39 is 0 Å². The lowest BCUT2D eigenvalue weighted by molar-refractivity contribution is 0.130. The minimum Gasteiger partial charge on any atom is -0.488 e. The molecule has 5 nitrogen and oxygen atoms in total. The maximum absolute atomic E-state index is 12.5. The molecule has 5 heteroatoms. The molecule has 4 aromatic rings. The smallest absolute Gasteiger partial charge is 0.260 e. The molecule has 2 heterocycles. The number of hydrogen-bond acceptors (Lipinski definition) is 4. The number of hydrogen-bond donors (Lipinski definition) is 2. The lowest BCUT2D eigenvalue weighted by Crippen LogP contribution is -2.16. The largest absolute Gasteiger partial charge is 0.488 e. The summed E-state index contributed by atoms with van der Waals surface area (Å²) < 4.78 is 11.5. The zero-order chi connectivity index (χ0) is 16.0. The first kappa shape index (κ1) is 13.8. The Morgan fingerprint density at radius 2 is 2.04 bits per heavy atom. The molecule has 0 aliphatic heterocycles. The van der Waals surface area contributed by atoms with Gasteiger partial charge in [-0.05, 0) is 25.1 Å². The highest BCUT2D eigenvalue weighted by Crippen LogP contribution is 2.31. The number of aromatic amines is 1. The molecular formula is C18H15NO4. The molecule has 0 saturated heterocycles. The van der Waals surface area contributed by atoms with Crippen LogP contribution >= 0.6 is 0 Å². The molecule has 23 heavy (non-hydrogen) atoms. The zero-order valence-electron chi connectivity index (χ0n) is 12.5. The molecule has 4 rings (SSSR count). The molecular weight excluding hydrogens is 294 g/mol. The Balaban J connectivity index is 2.00. The average Bonchev–Trinajstić information content (AvgIpc) is 2.94. The Morgan fingerprint density at radius 1 is 1.22 bits per heavy atom. The van der Waals surface area contributed by atoms with E-state index in [1.165, 1.54) is 0 Å². The monoisotopic (exact) mass is 309 g/mol. The Kier molecular flexibility index (Phi) is 3.09. The number of aromatic nitrogens is 1. The number of furan rings is 1. The number of pyridine rings is 1. The van der Waals surface area contributed by atoms with E-state index in [4.69, 9.17) is 14.3 Å². The average molecular weight is 309 g/mol. The van der Waals surface area contributed by atoms with E-state index in [1.807, 2.05) is 30.3 Å². The summed E-state index contributed by atoms with van der Waals surface area (Å²) in [6.45, 7) is 1.70. The van der Waals surface area contributed by atoms with Crippen molar-refractivity contribution in [3.8, 4) is 5.75 Å². The SMILES string of the molecule is CC(CO)Oc1ccc2c(c1)[nH]c(=O)c1c3ccccc3oc21. The van der Waals surface area contributed by atoms with E-state index in [-0.39, 0.29) is 18.3 Å². The summed E-state index contributed by atoms with van der Waals surface area (Å²) >= 11 is 0. The minimum atomic E-state index is -0.311. The third-order valence-electron chi connectivity index (χ3n) is 3.90. The van der Waals surface area contributed by atoms with Gasteiger partial charge in [0, 0.05) is 16.8 Å². The Hall–Kier alpha value is -2.79. The van der Waals surface area contributed by atoms with Crippen LogP contribution in [0.25, 0.3) is 32.8 Å². The number of aliphatic hydroxyl groups is 1. The van der Waals surface area contributed by atoms with Crippen LogP contribution in [0, 0.1) is 0 Å². The van der Waals surface area contributed by atoms with Crippen LogP contribution in [0.15, 0.2) is 51.7 Å². The summed E-state index contributed by atoms with van der Waals surface area (Å²) in [5.74, 6) is 0.588. The molecule has 0 radical (unpaired) electrons. The van der Waals surface area contributed by atoms with Gasteiger partial charge in [-0.3, -0.25) is 4.79 Å². The highest BCUT2D eigenvalue weighted by Gasteiger charge is 2.14. The third-order valence-corrected chi connectivity index (χ3v) is 3.90. The van der Waals surface area contributed by atoms with Crippen LogP contribution in [0.3, 0.4) is 0 Å². The molecule has 116 valence electrons. The van der Waals surface area contributed by atoms with Crippen molar-refractivity contribution in [3.63, 3.8) is 0 Å². The number of rotatable bonds is 3. The maximum atomic E-state index is 12.5. The number of ether oxygens (including phenoxy) is 1. The van der Waals surface area contributed by atoms with Gasteiger partial charge in [-0.2, -0.15) is 0 Å². The molecule has 2 N–H and O–H groups in total. The van der Waals surface area contributed by atoms with Crippen molar-refractivity contribution in [1.82, 2.24) is 4.98 Å². The molecule has 2 aromatic carbocycles. The first-order valence-electron chi connectivity index (χ1n) is 7.42. The summed E-state index contributed by atoms with van der Waals surface area (Å²) in [5.41, 5.74) is 1.72. The molecule has 0 amide bonds. The molecule has 0 spiro atoms. The summed E-state index contributed by atoms with van der Waals surface area (Å²) in [7, 11) is 0. The summed E-state index contributed by atoms with van der Waals surface area (Å²) in [6, 6.07) is 12.9. The molecule has 0 aliphatic rings. The minimum absolute atomic E-state index is 0.0723. The lowest BCUT2D eigenvalue weighted by Gasteiger charge is -2.12. The standard InChI is InChI=1S/C18H15NO4/c1-10(9-20)22-11-6-7-12-14(8-11)19-18(21)16-13-4-2-3-5-15(13)23-17(12)16/h2-8,10,20H,9H2,1H3,(H,19,21). The van der Waals surface area contributed by atoms with Gasteiger partial charge < -0.3 is 19.2 Å². The number of aliphatic hydroxyl groups excluding tert-OH is 1. The number of nitrogens with one attached hydrogen (secondary N) is 1. The molecule has 0 saturated carbocycles. The van der Waals surface area contributed by atoms with Gasteiger partial charge in [-0.15, -0.1) is 0 Å². The van der Waals surface area contributed by atoms with Crippen LogP contribution in [0.2, 0.25) is 0 Å². The van der Waals surface area contributed by atoms with E-state index >= 15 is 0 Å². The van der Waals surface area contributed by atoms with Crippen LogP contribution < -0.4 is 10.3 Å². The summed E-state index contributed by atoms with van der Waals surface area (Å²) in [4.78, 5) is 15.3. The lowest BCUT2D eigenvalue weighted by atomic mass is 10.1. The first-order chi connectivity index (χ1) is 11.2. The quantitative estimate of drug-likeness (QED) is 0.609.